The Labute approximate surface area is 381 Å². The maximum absolute atomic E-state index is 12.8. The first-order valence-electron chi connectivity index (χ1n) is 21.2. The van der Waals surface area contributed by atoms with Gasteiger partial charge in [0.25, 0.3) is 11.1 Å². The summed E-state index contributed by atoms with van der Waals surface area (Å²) in [7, 11) is -3.06. The molecule has 2 atom stereocenters. The Morgan fingerprint density at radius 2 is 0.955 bits per heavy atom. The van der Waals surface area contributed by atoms with Crippen LogP contribution in [0.2, 0.25) is 0 Å². The molecule has 6 aromatic rings. The highest BCUT2D eigenvalue weighted by Gasteiger charge is 2.30. The molecule has 0 unspecified atom stereocenters. The molecule has 0 bridgehead atoms. The summed E-state index contributed by atoms with van der Waals surface area (Å²) < 4.78 is 65.6. The predicted molar refractivity (Wildman–Crippen MR) is 251 cm³/mol. The lowest BCUT2D eigenvalue weighted by Crippen LogP contribution is -2.48. The molecule has 22 heteroatoms. The number of nitrogens with one attached hydrogen (secondary N) is 2. The van der Waals surface area contributed by atoms with Gasteiger partial charge in [-0.3, -0.25) is 29.0 Å². The van der Waals surface area contributed by atoms with Crippen molar-refractivity contribution in [3.05, 3.63) is 93.4 Å². The van der Waals surface area contributed by atoms with Crippen molar-refractivity contribution < 1.29 is 35.3 Å². The summed E-state index contributed by atoms with van der Waals surface area (Å²) in [5.74, 6) is 1.64. The first kappa shape index (κ1) is 47.9. The maximum atomic E-state index is 12.8. The summed E-state index contributed by atoms with van der Waals surface area (Å²) in [4.78, 5) is 61.1. The second-order valence-corrected chi connectivity index (χ2v) is 20.6. The minimum Gasteiger partial charge on any atom is -0.458 e. The van der Waals surface area contributed by atoms with Gasteiger partial charge in [0, 0.05) is 116 Å². The number of hydrogen-bond donors (Lipinski definition) is 2. The van der Waals surface area contributed by atoms with Crippen molar-refractivity contribution in [1.29, 1.82) is 0 Å². The number of rotatable bonds is 10. The minimum atomic E-state index is -3.21. The molecule has 352 valence electrons. The van der Waals surface area contributed by atoms with E-state index in [1.165, 1.54) is 44.1 Å². The largest absolute Gasteiger partial charge is 0.458 e. The van der Waals surface area contributed by atoms with Crippen LogP contribution >= 0.6 is 0 Å². The Morgan fingerprint density at radius 1 is 0.606 bits per heavy atom. The summed E-state index contributed by atoms with van der Waals surface area (Å²) in [6.07, 6.45) is 9.04. The first-order valence-corrected chi connectivity index (χ1v) is 24.9. The van der Waals surface area contributed by atoms with E-state index in [2.05, 4.69) is 30.4 Å². The zero-order valence-corrected chi connectivity index (χ0v) is 39.7. The summed E-state index contributed by atoms with van der Waals surface area (Å²) in [5.41, 5.74) is 3.52. The fourth-order valence-corrected chi connectivity index (χ4v) is 9.91. The van der Waals surface area contributed by atoms with E-state index in [4.69, 9.17) is 8.83 Å². The Hall–Kier alpha value is -6.04. The highest BCUT2D eigenvalue weighted by Crippen LogP contribution is 2.35. The van der Waals surface area contributed by atoms with E-state index in [1.54, 1.807) is 75.3 Å². The Bertz CT molecular complexity index is 2950. The molecule has 0 aliphatic carbocycles. The van der Waals surface area contributed by atoms with E-state index in [9.17, 15) is 36.0 Å². The molecule has 0 saturated carbocycles. The third kappa shape index (κ3) is 10.5. The second-order valence-electron chi connectivity index (χ2n) is 16.7. The molecule has 2 aliphatic rings. The molecule has 0 aromatic carbocycles. The fraction of sp³-hybridized carbons (Fsp3) is 0.409. The Kier molecular flexibility index (Phi) is 13.8. The van der Waals surface area contributed by atoms with Gasteiger partial charge in [-0.2, -0.15) is 8.61 Å². The average molecular weight is 947 g/mol. The van der Waals surface area contributed by atoms with Crippen LogP contribution in [0, 0.1) is 0 Å². The van der Waals surface area contributed by atoms with Crippen molar-refractivity contribution in [2.24, 2.45) is 14.1 Å². The number of piperazine rings is 2. The van der Waals surface area contributed by atoms with Crippen LogP contribution < -0.4 is 21.8 Å². The van der Waals surface area contributed by atoms with E-state index in [1.807, 2.05) is 13.8 Å². The lowest BCUT2D eigenvalue weighted by molar-refractivity contribution is -0.115. The molecule has 2 amide bonds. The molecule has 8 rings (SSSR count). The van der Waals surface area contributed by atoms with Crippen LogP contribution in [-0.4, -0.2) is 131 Å². The maximum Gasteiger partial charge on any atom is 0.261 e. The number of aryl methyl sites for hydroxylation is 2. The van der Waals surface area contributed by atoms with Gasteiger partial charge in [0.05, 0.1) is 35.4 Å². The van der Waals surface area contributed by atoms with Gasteiger partial charge >= 0.3 is 0 Å². The summed E-state index contributed by atoms with van der Waals surface area (Å²) in [5, 5.41) is 6.26. The van der Waals surface area contributed by atoms with E-state index in [0.717, 1.165) is 11.1 Å². The molecule has 2 aliphatic heterocycles. The second kappa shape index (κ2) is 19.1. The molecule has 8 heterocycles. The highest BCUT2D eigenvalue weighted by molar-refractivity contribution is 7.88. The SMILES string of the molecule is CC(=O)Nc1cc(-c2cn(C)c(=O)c3cc([C@@H](C)N4CCN(S(C)(=O)=O)CC4)oc23)ccn1.CC(=O)Nc1cc(-c2cn(C)c(=O)c3cc([C@H](C)N4CCN(S(C)(=O)=O)CC4)oc23)ccn1. The van der Waals surface area contributed by atoms with E-state index < -0.39 is 20.0 Å². The van der Waals surface area contributed by atoms with Crippen LogP contribution in [0.3, 0.4) is 0 Å². The molecule has 20 nitrogen and oxygen atoms in total. The molecule has 2 N–H and O–H groups in total. The van der Waals surface area contributed by atoms with Crippen LogP contribution in [0.4, 0.5) is 11.6 Å². The molecule has 2 saturated heterocycles. The van der Waals surface area contributed by atoms with E-state index >= 15 is 0 Å². The molecule has 66 heavy (non-hydrogen) atoms. The van der Waals surface area contributed by atoms with Gasteiger partial charge in [-0.1, -0.05) is 0 Å². The average Bonchev–Trinajstić information content (AvgIpc) is 3.92. The van der Waals surface area contributed by atoms with Crippen molar-refractivity contribution in [1.82, 2.24) is 37.5 Å². The Balaban J connectivity index is 0.000000196. The van der Waals surface area contributed by atoms with Crippen molar-refractivity contribution in [3.8, 4) is 22.3 Å². The van der Waals surface area contributed by atoms with Crippen molar-refractivity contribution in [2.75, 3.05) is 75.5 Å². The van der Waals surface area contributed by atoms with Gasteiger partial charge in [-0.05, 0) is 61.4 Å². The zero-order valence-electron chi connectivity index (χ0n) is 38.1. The number of carbonyl (C=O) groups excluding carboxylic acids is 2. The number of anilines is 2. The zero-order chi connectivity index (χ0) is 47.8. The topological polar surface area (TPSA) is 236 Å². The monoisotopic (exact) mass is 946 g/mol. The van der Waals surface area contributed by atoms with E-state index in [0.29, 0.717) is 109 Å². The summed E-state index contributed by atoms with van der Waals surface area (Å²) >= 11 is 0. The number of aromatic nitrogens is 4. The lowest BCUT2D eigenvalue weighted by atomic mass is 10.1. The van der Waals surface area contributed by atoms with Gasteiger partial charge in [-0.25, -0.2) is 26.8 Å². The standard InChI is InChI=1S/2C22H27N5O5S/c2*1-14(26-7-9-27(10-8-26)33(4,30)31)19-12-17-21(32-19)18(13-25(3)22(17)29)16-5-6-23-20(11-16)24-15(2)28/h2*5-6,11-14H,7-10H2,1-4H3,(H,23,24,28)/t2*14-/m10/s1. The number of amides is 2. The highest BCUT2D eigenvalue weighted by atomic mass is 32.2. The molecule has 6 aromatic heterocycles. The predicted octanol–water partition coefficient (Wildman–Crippen LogP) is 3.58. The van der Waals surface area contributed by atoms with Crippen LogP contribution in [0.1, 0.15) is 51.3 Å². The number of hydrogen-bond acceptors (Lipinski definition) is 14. The number of furan rings is 2. The van der Waals surface area contributed by atoms with Crippen molar-refractivity contribution in [3.63, 3.8) is 0 Å². The van der Waals surface area contributed by atoms with Crippen LogP contribution in [0.5, 0.6) is 0 Å². The van der Waals surface area contributed by atoms with Crippen molar-refractivity contribution >= 4 is 65.4 Å². The lowest BCUT2D eigenvalue weighted by Gasteiger charge is -2.36. The number of carbonyl (C=O) groups is 2. The van der Waals surface area contributed by atoms with Gasteiger partial charge in [0.15, 0.2) is 0 Å². The first-order chi connectivity index (χ1) is 31.1. The van der Waals surface area contributed by atoms with E-state index in [-0.39, 0.29) is 35.0 Å². The van der Waals surface area contributed by atoms with Crippen LogP contribution in [-0.2, 0) is 43.7 Å². The summed E-state index contributed by atoms with van der Waals surface area (Å²) in [6.45, 7) is 10.7. The van der Waals surface area contributed by atoms with Crippen LogP contribution in [0.25, 0.3) is 44.2 Å². The number of nitrogens with zero attached hydrogens (tertiary/aromatic N) is 8. The smallest absolute Gasteiger partial charge is 0.261 e. The molecule has 0 radical (unpaired) electrons. The third-order valence-corrected chi connectivity index (χ3v) is 14.5. The van der Waals surface area contributed by atoms with Crippen molar-refractivity contribution in [2.45, 2.75) is 39.8 Å². The fourth-order valence-electron chi connectivity index (χ4n) is 8.26. The van der Waals surface area contributed by atoms with Crippen LogP contribution in [0.15, 0.2) is 79.6 Å². The van der Waals surface area contributed by atoms with Gasteiger partial charge in [0.1, 0.15) is 34.3 Å². The number of pyridine rings is 4. The molecular formula is C44H54N10O10S2. The number of sulfonamides is 2. The van der Waals surface area contributed by atoms with Gasteiger partial charge < -0.3 is 28.6 Å². The Morgan fingerprint density at radius 3 is 1.27 bits per heavy atom. The molecule has 0 spiro atoms. The van der Waals surface area contributed by atoms with Gasteiger partial charge in [0.2, 0.25) is 31.9 Å². The molecular weight excluding hydrogens is 893 g/mol. The quantitative estimate of drug-likeness (QED) is 0.200. The minimum absolute atomic E-state index is 0.135. The normalized spacial score (nSPS) is 16.7. The van der Waals surface area contributed by atoms with Gasteiger partial charge in [-0.15, -0.1) is 0 Å². The molecule has 2 fully saturated rings. The third-order valence-electron chi connectivity index (χ3n) is 11.9. The summed E-state index contributed by atoms with van der Waals surface area (Å²) in [6, 6.07) is 10.3. The number of fused-ring (bicyclic) bond motifs is 2.